The molecule has 0 spiro atoms. The fourth-order valence-electron chi connectivity index (χ4n) is 1.06. The van der Waals surface area contributed by atoms with Crippen LogP contribution in [0.2, 0.25) is 0 Å². The van der Waals surface area contributed by atoms with Crippen molar-refractivity contribution in [1.82, 2.24) is 9.78 Å². The van der Waals surface area contributed by atoms with E-state index in [-0.39, 0.29) is 5.41 Å². The fourth-order valence-corrected chi connectivity index (χ4v) is 1.06. The molecule has 1 aromatic rings. The zero-order valence-electron chi connectivity index (χ0n) is 8.83. The molecule has 5 nitrogen and oxygen atoms in total. The van der Waals surface area contributed by atoms with E-state index in [0.717, 1.165) is 5.69 Å². The maximum absolute atomic E-state index is 10.4. The number of amides is 1. The lowest BCUT2D eigenvalue weighted by Gasteiger charge is -2.13. The van der Waals surface area contributed by atoms with Gasteiger partial charge in [0.1, 0.15) is 5.82 Å². The minimum atomic E-state index is -1.08. The van der Waals surface area contributed by atoms with E-state index in [9.17, 15) is 4.79 Å². The molecular formula is C9H15N3O2. The molecule has 0 unspecified atom stereocenters. The van der Waals surface area contributed by atoms with Crippen molar-refractivity contribution >= 4 is 11.9 Å². The Morgan fingerprint density at radius 2 is 2.14 bits per heavy atom. The molecule has 0 atom stereocenters. The molecule has 0 aliphatic carbocycles. The summed E-state index contributed by atoms with van der Waals surface area (Å²) in [4.78, 5) is 10.4. The molecule has 1 aromatic heterocycles. The van der Waals surface area contributed by atoms with Gasteiger partial charge in [-0.25, -0.2) is 4.79 Å². The van der Waals surface area contributed by atoms with Gasteiger partial charge in [0.2, 0.25) is 0 Å². The maximum atomic E-state index is 10.4. The summed E-state index contributed by atoms with van der Waals surface area (Å²) in [6, 6.07) is 1.74. The van der Waals surface area contributed by atoms with Gasteiger partial charge in [-0.15, -0.1) is 0 Å². The molecule has 0 saturated carbocycles. The van der Waals surface area contributed by atoms with Crippen molar-refractivity contribution in [3.8, 4) is 0 Å². The Bertz CT molecular complexity index is 349. The van der Waals surface area contributed by atoms with Crippen LogP contribution >= 0.6 is 0 Å². The highest BCUT2D eigenvalue weighted by Crippen LogP contribution is 2.23. The molecule has 0 bridgehead atoms. The predicted molar refractivity (Wildman–Crippen MR) is 53.6 cm³/mol. The molecule has 1 amide bonds. The Balaban J connectivity index is 2.99. The van der Waals surface area contributed by atoms with E-state index in [1.54, 1.807) is 13.1 Å². The molecule has 5 heteroatoms. The molecule has 0 aromatic carbocycles. The summed E-state index contributed by atoms with van der Waals surface area (Å²) in [6.45, 7) is 6.08. The number of aryl methyl sites for hydroxylation is 1. The predicted octanol–water partition coefficient (Wildman–Crippen LogP) is 1.81. The second-order valence-electron chi connectivity index (χ2n) is 4.22. The second-order valence-corrected chi connectivity index (χ2v) is 4.22. The first-order valence-electron chi connectivity index (χ1n) is 4.35. The van der Waals surface area contributed by atoms with E-state index in [2.05, 4.69) is 10.4 Å². The van der Waals surface area contributed by atoms with Crippen LogP contribution in [0.1, 0.15) is 26.5 Å². The lowest BCUT2D eigenvalue weighted by Crippen LogP contribution is -2.12. The van der Waals surface area contributed by atoms with Gasteiger partial charge in [0.25, 0.3) is 0 Å². The lowest BCUT2D eigenvalue weighted by molar-refractivity contribution is 0.209. The van der Waals surface area contributed by atoms with Gasteiger partial charge < -0.3 is 5.11 Å². The maximum Gasteiger partial charge on any atom is 0.410 e. The van der Waals surface area contributed by atoms with Crippen LogP contribution in [-0.4, -0.2) is 21.0 Å². The summed E-state index contributed by atoms with van der Waals surface area (Å²) in [6.07, 6.45) is -1.08. The van der Waals surface area contributed by atoms with Gasteiger partial charge in [0, 0.05) is 18.5 Å². The van der Waals surface area contributed by atoms with Crippen molar-refractivity contribution in [2.75, 3.05) is 5.32 Å². The Morgan fingerprint density at radius 1 is 1.57 bits per heavy atom. The molecule has 0 aliphatic heterocycles. The summed E-state index contributed by atoms with van der Waals surface area (Å²) < 4.78 is 1.52. The lowest BCUT2D eigenvalue weighted by atomic mass is 9.92. The smallest absolute Gasteiger partial charge is 0.410 e. The minimum Gasteiger partial charge on any atom is -0.465 e. The first-order chi connectivity index (χ1) is 6.30. The average Bonchev–Trinajstić information content (AvgIpc) is 2.30. The molecule has 0 fully saturated rings. The number of hydrogen-bond donors (Lipinski definition) is 2. The van der Waals surface area contributed by atoms with Crippen LogP contribution in [0, 0.1) is 0 Å². The summed E-state index contributed by atoms with van der Waals surface area (Å²) in [7, 11) is 1.71. The third-order valence-corrected chi connectivity index (χ3v) is 1.88. The van der Waals surface area contributed by atoms with Crippen LogP contribution in [0.25, 0.3) is 0 Å². The Labute approximate surface area is 82.7 Å². The van der Waals surface area contributed by atoms with Crippen LogP contribution in [0.3, 0.4) is 0 Å². The molecule has 1 heterocycles. The third-order valence-electron chi connectivity index (χ3n) is 1.88. The van der Waals surface area contributed by atoms with Crippen LogP contribution in [0.4, 0.5) is 10.6 Å². The Morgan fingerprint density at radius 3 is 2.50 bits per heavy atom. The monoisotopic (exact) mass is 197 g/mol. The van der Waals surface area contributed by atoms with Crippen molar-refractivity contribution in [1.29, 1.82) is 0 Å². The number of rotatable bonds is 1. The van der Waals surface area contributed by atoms with Crippen LogP contribution < -0.4 is 5.32 Å². The van der Waals surface area contributed by atoms with Crippen LogP contribution in [0.15, 0.2) is 6.07 Å². The average molecular weight is 197 g/mol. The molecule has 78 valence electrons. The highest BCUT2D eigenvalue weighted by atomic mass is 16.4. The van der Waals surface area contributed by atoms with Crippen molar-refractivity contribution in [2.24, 2.45) is 7.05 Å². The van der Waals surface area contributed by atoms with Gasteiger partial charge >= 0.3 is 6.09 Å². The topological polar surface area (TPSA) is 67.2 Å². The summed E-state index contributed by atoms with van der Waals surface area (Å²) >= 11 is 0. The van der Waals surface area contributed by atoms with Crippen molar-refractivity contribution in [2.45, 2.75) is 26.2 Å². The number of hydrogen-bond acceptors (Lipinski definition) is 2. The summed E-state index contributed by atoms with van der Waals surface area (Å²) in [5.74, 6) is 0.488. The minimum absolute atomic E-state index is 0.0732. The number of nitrogens with zero attached hydrogens (tertiary/aromatic N) is 2. The highest BCUT2D eigenvalue weighted by molar-refractivity contribution is 5.81. The number of carbonyl (C=O) groups is 1. The van der Waals surface area contributed by atoms with Crippen LogP contribution in [-0.2, 0) is 12.5 Å². The molecule has 14 heavy (non-hydrogen) atoms. The third kappa shape index (κ3) is 2.25. The van der Waals surface area contributed by atoms with E-state index in [1.165, 1.54) is 4.68 Å². The van der Waals surface area contributed by atoms with E-state index >= 15 is 0 Å². The number of nitrogens with one attached hydrogen (secondary N) is 1. The number of carboxylic acid groups (broad SMARTS) is 1. The number of anilines is 1. The SMILES string of the molecule is Cn1nc(C(C)(C)C)cc1NC(=O)O. The van der Waals surface area contributed by atoms with E-state index in [4.69, 9.17) is 5.11 Å². The molecular weight excluding hydrogens is 182 g/mol. The normalized spacial score (nSPS) is 11.4. The van der Waals surface area contributed by atoms with Crippen molar-refractivity contribution in [3.05, 3.63) is 11.8 Å². The van der Waals surface area contributed by atoms with Gasteiger partial charge in [-0.2, -0.15) is 5.10 Å². The van der Waals surface area contributed by atoms with E-state index < -0.39 is 6.09 Å². The molecule has 0 saturated heterocycles. The van der Waals surface area contributed by atoms with Crippen LogP contribution in [0.5, 0.6) is 0 Å². The molecule has 1 rings (SSSR count). The van der Waals surface area contributed by atoms with E-state index in [1.807, 2.05) is 20.8 Å². The standard InChI is InChI=1S/C9H15N3O2/c1-9(2,3)6-5-7(10-8(13)14)12(4)11-6/h5,10H,1-4H3,(H,13,14). The van der Waals surface area contributed by atoms with Gasteiger partial charge in [0.15, 0.2) is 0 Å². The van der Waals surface area contributed by atoms with Gasteiger partial charge in [0.05, 0.1) is 5.69 Å². The largest absolute Gasteiger partial charge is 0.465 e. The second kappa shape index (κ2) is 3.32. The van der Waals surface area contributed by atoms with E-state index in [0.29, 0.717) is 5.82 Å². The number of aromatic nitrogens is 2. The van der Waals surface area contributed by atoms with Crippen molar-refractivity contribution < 1.29 is 9.90 Å². The zero-order chi connectivity index (χ0) is 10.9. The van der Waals surface area contributed by atoms with Gasteiger partial charge in [-0.1, -0.05) is 20.8 Å². The molecule has 0 aliphatic rings. The highest BCUT2D eigenvalue weighted by Gasteiger charge is 2.19. The fraction of sp³-hybridized carbons (Fsp3) is 0.556. The quantitative estimate of drug-likeness (QED) is 0.721. The first kappa shape index (κ1) is 10.6. The van der Waals surface area contributed by atoms with Gasteiger partial charge in [-0.05, 0) is 0 Å². The summed E-state index contributed by atoms with van der Waals surface area (Å²) in [5, 5.41) is 15.1. The molecule has 2 N–H and O–H groups in total. The molecule has 0 radical (unpaired) electrons. The Kier molecular flexibility index (Phi) is 2.51. The first-order valence-corrected chi connectivity index (χ1v) is 4.35. The Hall–Kier alpha value is -1.52. The van der Waals surface area contributed by atoms with Crippen molar-refractivity contribution in [3.63, 3.8) is 0 Å². The van der Waals surface area contributed by atoms with Gasteiger partial charge in [-0.3, -0.25) is 10.00 Å². The zero-order valence-corrected chi connectivity index (χ0v) is 8.83. The summed E-state index contributed by atoms with van der Waals surface area (Å²) in [5.41, 5.74) is 0.791.